The summed E-state index contributed by atoms with van der Waals surface area (Å²) in [7, 11) is 0. The van der Waals surface area contributed by atoms with Crippen molar-refractivity contribution in [2.24, 2.45) is 23.5 Å². The van der Waals surface area contributed by atoms with Gasteiger partial charge in [0.25, 0.3) is 0 Å². The highest BCUT2D eigenvalue weighted by atomic mass is 16.3. The first-order valence-corrected chi connectivity index (χ1v) is 8.08. The van der Waals surface area contributed by atoms with Crippen LogP contribution in [0.3, 0.4) is 0 Å². The van der Waals surface area contributed by atoms with Gasteiger partial charge in [-0.05, 0) is 56.0 Å². The van der Waals surface area contributed by atoms with Gasteiger partial charge in [0.15, 0.2) is 5.78 Å². The number of aliphatic hydroxyl groups is 1. The first kappa shape index (κ1) is 16.2. The standard InChI is InChI=1S/C18H27NO2/c1-13(12-20)10-14-2-6-16(7-3-14)18(21)17-8-4-15(11-19)5-9-17/h2-3,6-7,13,15,17,20H,4-5,8-12,19H2,1H3. The fourth-order valence-electron chi connectivity index (χ4n) is 3.17. The van der Waals surface area contributed by atoms with Crippen LogP contribution in [-0.2, 0) is 6.42 Å². The molecule has 1 fully saturated rings. The third-order valence-corrected chi connectivity index (χ3v) is 4.69. The topological polar surface area (TPSA) is 63.3 Å². The predicted molar refractivity (Wildman–Crippen MR) is 85.2 cm³/mol. The third-order valence-electron chi connectivity index (χ3n) is 4.69. The lowest BCUT2D eigenvalue weighted by molar-refractivity contribution is 0.0873. The number of rotatable bonds is 6. The molecule has 3 nitrogen and oxygen atoms in total. The zero-order valence-corrected chi connectivity index (χ0v) is 12.9. The molecule has 3 N–H and O–H groups in total. The largest absolute Gasteiger partial charge is 0.396 e. The number of Topliss-reactive ketones (excluding diaryl/α,β-unsaturated/α-hetero) is 1. The Labute approximate surface area is 127 Å². The number of hydrogen-bond acceptors (Lipinski definition) is 3. The lowest BCUT2D eigenvalue weighted by Crippen LogP contribution is -2.25. The van der Waals surface area contributed by atoms with E-state index in [1.54, 1.807) is 0 Å². The number of benzene rings is 1. The molecule has 0 spiro atoms. The van der Waals surface area contributed by atoms with Crippen LogP contribution in [0.1, 0.15) is 48.5 Å². The van der Waals surface area contributed by atoms with Crippen molar-refractivity contribution in [1.29, 1.82) is 0 Å². The van der Waals surface area contributed by atoms with Crippen molar-refractivity contribution in [2.75, 3.05) is 13.2 Å². The van der Waals surface area contributed by atoms with E-state index in [9.17, 15) is 4.79 Å². The summed E-state index contributed by atoms with van der Waals surface area (Å²) < 4.78 is 0. The molecule has 1 aliphatic rings. The normalized spacial score (nSPS) is 23.8. The molecule has 1 aliphatic carbocycles. The average molecular weight is 289 g/mol. The van der Waals surface area contributed by atoms with Crippen LogP contribution in [0.2, 0.25) is 0 Å². The van der Waals surface area contributed by atoms with Gasteiger partial charge >= 0.3 is 0 Å². The summed E-state index contributed by atoms with van der Waals surface area (Å²) in [5.74, 6) is 1.33. The summed E-state index contributed by atoms with van der Waals surface area (Å²) in [4.78, 5) is 12.5. The van der Waals surface area contributed by atoms with Gasteiger partial charge in [-0.2, -0.15) is 0 Å². The fourth-order valence-corrected chi connectivity index (χ4v) is 3.17. The second kappa shape index (κ2) is 7.71. The molecular weight excluding hydrogens is 262 g/mol. The van der Waals surface area contributed by atoms with E-state index in [4.69, 9.17) is 10.8 Å². The lowest BCUT2D eigenvalue weighted by Gasteiger charge is -2.26. The van der Waals surface area contributed by atoms with Crippen molar-refractivity contribution in [1.82, 2.24) is 0 Å². The zero-order valence-electron chi connectivity index (χ0n) is 12.9. The van der Waals surface area contributed by atoms with Crippen molar-refractivity contribution in [3.8, 4) is 0 Å². The van der Waals surface area contributed by atoms with Gasteiger partial charge in [-0.1, -0.05) is 31.2 Å². The molecule has 0 amide bonds. The van der Waals surface area contributed by atoms with Crippen molar-refractivity contribution < 1.29 is 9.90 Å². The molecule has 0 bridgehead atoms. The van der Waals surface area contributed by atoms with E-state index in [1.807, 2.05) is 31.2 Å². The summed E-state index contributed by atoms with van der Waals surface area (Å²) in [5.41, 5.74) is 7.71. The van der Waals surface area contributed by atoms with Crippen LogP contribution in [0.25, 0.3) is 0 Å². The van der Waals surface area contributed by atoms with E-state index in [2.05, 4.69) is 0 Å². The van der Waals surface area contributed by atoms with Crippen molar-refractivity contribution in [2.45, 2.75) is 39.0 Å². The quantitative estimate of drug-likeness (QED) is 0.792. The Morgan fingerprint density at radius 3 is 2.38 bits per heavy atom. The summed E-state index contributed by atoms with van der Waals surface area (Å²) in [5, 5.41) is 9.09. The van der Waals surface area contributed by atoms with Crippen LogP contribution in [0.5, 0.6) is 0 Å². The Hall–Kier alpha value is -1.19. The molecule has 1 atom stereocenters. The minimum atomic E-state index is 0.176. The number of carbonyl (C=O) groups is 1. The van der Waals surface area contributed by atoms with E-state index in [1.165, 1.54) is 5.56 Å². The maximum absolute atomic E-state index is 12.5. The van der Waals surface area contributed by atoms with Crippen LogP contribution in [0.4, 0.5) is 0 Å². The Kier molecular flexibility index (Phi) is 5.95. The molecule has 1 unspecified atom stereocenters. The van der Waals surface area contributed by atoms with Gasteiger partial charge in [0.1, 0.15) is 0 Å². The van der Waals surface area contributed by atoms with Gasteiger partial charge < -0.3 is 10.8 Å². The van der Waals surface area contributed by atoms with E-state index in [0.29, 0.717) is 5.92 Å². The summed E-state index contributed by atoms with van der Waals surface area (Å²) in [6, 6.07) is 7.92. The molecular formula is C18H27NO2. The average Bonchev–Trinajstić information content (AvgIpc) is 2.55. The number of ketones is 1. The first-order chi connectivity index (χ1) is 10.1. The van der Waals surface area contributed by atoms with Crippen LogP contribution in [-0.4, -0.2) is 24.0 Å². The maximum atomic E-state index is 12.5. The van der Waals surface area contributed by atoms with Crippen molar-refractivity contribution in [3.63, 3.8) is 0 Å². The smallest absolute Gasteiger partial charge is 0.165 e. The van der Waals surface area contributed by atoms with E-state index >= 15 is 0 Å². The SMILES string of the molecule is CC(CO)Cc1ccc(C(=O)C2CCC(CN)CC2)cc1. The second-order valence-corrected chi connectivity index (χ2v) is 6.51. The minimum Gasteiger partial charge on any atom is -0.396 e. The van der Waals surface area contributed by atoms with Crippen LogP contribution < -0.4 is 5.73 Å². The van der Waals surface area contributed by atoms with Gasteiger partial charge in [-0.3, -0.25) is 4.79 Å². The maximum Gasteiger partial charge on any atom is 0.165 e. The molecule has 1 aromatic carbocycles. The second-order valence-electron chi connectivity index (χ2n) is 6.51. The van der Waals surface area contributed by atoms with Crippen molar-refractivity contribution >= 4 is 5.78 Å². The van der Waals surface area contributed by atoms with Gasteiger partial charge in [0.05, 0.1) is 0 Å². The number of carbonyl (C=O) groups excluding carboxylic acids is 1. The van der Waals surface area contributed by atoms with Crippen LogP contribution in [0.15, 0.2) is 24.3 Å². The van der Waals surface area contributed by atoms with Crippen LogP contribution >= 0.6 is 0 Å². The highest BCUT2D eigenvalue weighted by Gasteiger charge is 2.26. The number of aliphatic hydroxyl groups excluding tert-OH is 1. The fraction of sp³-hybridized carbons (Fsp3) is 0.611. The van der Waals surface area contributed by atoms with Crippen molar-refractivity contribution in [3.05, 3.63) is 35.4 Å². The molecule has 2 rings (SSSR count). The monoisotopic (exact) mass is 289 g/mol. The molecule has 0 radical (unpaired) electrons. The Balaban J connectivity index is 1.94. The molecule has 0 aliphatic heterocycles. The molecule has 1 saturated carbocycles. The summed E-state index contributed by atoms with van der Waals surface area (Å²) in [6.45, 7) is 2.97. The highest BCUT2D eigenvalue weighted by molar-refractivity contribution is 5.97. The van der Waals surface area contributed by atoms with E-state index in [0.717, 1.165) is 44.2 Å². The minimum absolute atomic E-state index is 0.176. The van der Waals surface area contributed by atoms with Gasteiger partial charge in [0, 0.05) is 18.1 Å². The highest BCUT2D eigenvalue weighted by Crippen LogP contribution is 2.30. The Morgan fingerprint density at radius 2 is 1.86 bits per heavy atom. The lowest BCUT2D eigenvalue weighted by atomic mass is 9.78. The van der Waals surface area contributed by atoms with E-state index < -0.39 is 0 Å². The van der Waals surface area contributed by atoms with Crippen LogP contribution in [0, 0.1) is 17.8 Å². The Morgan fingerprint density at radius 1 is 1.24 bits per heavy atom. The molecule has 0 heterocycles. The molecule has 3 heteroatoms. The predicted octanol–water partition coefficient (Wildman–Crippen LogP) is 2.81. The molecule has 21 heavy (non-hydrogen) atoms. The summed E-state index contributed by atoms with van der Waals surface area (Å²) in [6.07, 6.45) is 4.97. The van der Waals surface area contributed by atoms with Gasteiger partial charge in [0.2, 0.25) is 0 Å². The van der Waals surface area contributed by atoms with E-state index in [-0.39, 0.29) is 24.2 Å². The van der Waals surface area contributed by atoms with Gasteiger partial charge in [-0.15, -0.1) is 0 Å². The number of nitrogens with two attached hydrogens (primary N) is 1. The molecule has 0 aromatic heterocycles. The van der Waals surface area contributed by atoms with Gasteiger partial charge in [-0.25, -0.2) is 0 Å². The molecule has 1 aromatic rings. The summed E-state index contributed by atoms with van der Waals surface area (Å²) >= 11 is 0. The molecule has 116 valence electrons. The first-order valence-electron chi connectivity index (χ1n) is 8.08. The zero-order chi connectivity index (χ0) is 15.2. The third kappa shape index (κ3) is 4.39. The molecule has 0 saturated heterocycles. The Bertz CT molecular complexity index is 447. The number of hydrogen-bond donors (Lipinski definition) is 2.